The van der Waals surface area contributed by atoms with Crippen molar-refractivity contribution in [2.24, 2.45) is 0 Å². The van der Waals surface area contributed by atoms with Gasteiger partial charge in [-0.25, -0.2) is 0 Å². The molecule has 132 valence electrons. The van der Waals surface area contributed by atoms with Crippen molar-refractivity contribution < 1.29 is 14.3 Å². The number of carbonyl (C=O) groups is 2. The van der Waals surface area contributed by atoms with Gasteiger partial charge in [0.1, 0.15) is 5.75 Å². The molecule has 1 amide bonds. The SMILES string of the molecule is Cc1ccc(C(=O)C(C)Oc2cccc(NC(=O)c3cccs3)c2)cc1. The third-order valence-corrected chi connectivity index (χ3v) is 4.72. The number of ether oxygens (including phenoxy) is 1. The molecule has 0 saturated heterocycles. The van der Waals surface area contributed by atoms with Crippen molar-refractivity contribution in [2.45, 2.75) is 20.0 Å². The van der Waals surface area contributed by atoms with Crippen LogP contribution in [0.1, 0.15) is 32.5 Å². The number of ketones is 1. The number of nitrogens with one attached hydrogen (secondary N) is 1. The average molecular weight is 365 g/mol. The molecule has 0 saturated carbocycles. The van der Waals surface area contributed by atoms with E-state index in [0.717, 1.165) is 5.56 Å². The number of benzene rings is 2. The molecule has 1 atom stereocenters. The number of thiophene rings is 1. The predicted molar refractivity (Wildman–Crippen MR) is 104 cm³/mol. The molecule has 0 aliphatic carbocycles. The summed E-state index contributed by atoms with van der Waals surface area (Å²) in [5.41, 5.74) is 2.34. The van der Waals surface area contributed by atoms with Gasteiger partial charge in [0.25, 0.3) is 5.91 Å². The second-order valence-electron chi connectivity index (χ2n) is 5.95. The minimum absolute atomic E-state index is 0.0852. The predicted octanol–water partition coefficient (Wildman–Crippen LogP) is 4.96. The van der Waals surface area contributed by atoms with Crippen LogP contribution in [0, 0.1) is 6.92 Å². The van der Waals surface area contributed by atoms with E-state index in [1.165, 1.54) is 11.3 Å². The molecule has 5 heteroatoms. The molecule has 1 N–H and O–H groups in total. The lowest BCUT2D eigenvalue weighted by Gasteiger charge is -2.15. The number of carbonyl (C=O) groups excluding carboxylic acids is 2. The van der Waals surface area contributed by atoms with Gasteiger partial charge in [0.05, 0.1) is 4.88 Å². The minimum Gasteiger partial charge on any atom is -0.482 e. The van der Waals surface area contributed by atoms with E-state index in [1.807, 2.05) is 30.5 Å². The van der Waals surface area contributed by atoms with Crippen molar-refractivity contribution in [1.82, 2.24) is 0 Å². The maximum absolute atomic E-state index is 12.5. The smallest absolute Gasteiger partial charge is 0.265 e. The van der Waals surface area contributed by atoms with E-state index in [2.05, 4.69) is 5.32 Å². The number of aryl methyl sites for hydroxylation is 1. The molecule has 0 spiro atoms. The van der Waals surface area contributed by atoms with Crippen LogP contribution in [-0.2, 0) is 0 Å². The third-order valence-electron chi connectivity index (χ3n) is 3.86. The first-order valence-corrected chi connectivity index (χ1v) is 9.13. The van der Waals surface area contributed by atoms with Gasteiger partial charge < -0.3 is 10.1 Å². The molecule has 3 rings (SSSR count). The number of hydrogen-bond acceptors (Lipinski definition) is 4. The Bertz CT molecular complexity index is 901. The molecule has 0 bridgehead atoms. The topological polar surface area (TPSA) is 55.4 Å². The minimum atomic E-state index is -0.624. The van der Waals surface area contributed by atoms with Gasteiger partial charge in [0.15, 0.2) is 6.10 Å². The van der Waals surface area contributed by atoms with Gasteiger partial charge in [0.2, 0.25) is 5.78 Å². The molecule has 1 unspecified atom stereocenters. The highest BCUT2D eigenvalue weighted by Crippen LogP contribution is 2.21. The van der Waals surface area contributed by atoms with Crippen molar-refractivity contribution in [3.05, 3.63) is 82.0 Å². The lowest BCUT2D eigenvalue weighted by Crippen LogP contribution is -2.24. The zero-order valence-corrected chi connectivity index (χ0v) is 15.4. The Labute approximate surface area is 156 Å². The van der Waals surface area contributed by atoms with Gasteiger partial charge in [-0.05, 0) is 37.4 Å². The molecule has 26 heavy (non-hydrogen) atoms. The molecule has 0 fully saturated rings. The normalized spacial score (nSPS) is 11.6. The Hall–Kier alpha value is -2.92. The van der Waals surface area contributed by atoms with E-state index < -0.39 is 6.10 Å². The first-order valence-electron chi connectivity index (χ1n) is 8.25. The third kappa shape index (κ3) is 4.37. The van der Waals surface area contributed by atoms with Crippen molar-refractivity contribution in [2.75, 3.05) is 5.32 Å². The highest BCUT2D eigenvalue weighted by atomic mass is 32.1. The largest absolute Gasteiger partial charge is 0.482 e. The number of hydrogen-bond donors (Lipinski definition) is 1. The van der Waals surface area contributed by atoms with E-state index in [4.69, 9.17) is 4.74 Å². The molecular weight excluding hydrogens is 346 g/mol. The van der Waals surface area contributed by atoms with Crippen LogP contribution in [0.3, 0.4) is 0 Å². The Balaban J connectivity index is 1.67. The first kappa shape index (κ1) is 17.9. The molecule has 4 nitrogen and oxygen atoms in total. The van der Waals surface area contributed by atoms with Crippen LogP contribution < -0.4 is 10.1 Å². The summed E-state index contributed by atoms with van der Waals surface area (Å²) in [7, 11) is 0. The molecular formula is C21H19NO3S. The van der Waals surface area contributed by atoms with Crippen LogP contribution in [0.25, 0.3) is 0 Å². The van der Waals surface area contributed by atoms with Gasteiger partial charge in [-0.2, -0.15) is 0 Å². The number of rotatable bonds is 6. The lowest BCUT2D eigenvalue weighted by atomic mass is 10.1. The Morgan fingerprint density at radius 2 is 1.81 bits per heavy atom. The van der Waals surface area contributed by atoms with Gasteiger partial charge in [0, 0.05) is 17.3 Å². The molecule has 0 radical (unpaired) electrons. The molecule has 1 aromatic heterocycles. The Kier molecular flexibility index (Phi) is 5.49. The maximum atomic E-state index is 12.5. The van der Waals surface area contributed by atoms with Crippen molar-refractivity contribution >= 4 is 28.7 Å². The van der Waals surface area contributed by atoms with Crippen LogP contribution in [-0.4, -0.2) is 17.8 Å². The van der Waals surface area contributed by atoms with Crippen molar-refractivity contribution in [3.8, 4) is 5.75 Å². The second kappa shape index (κ2) is 7.97. The van der Waals surface area contributed by atoms with Crippen LogP contribution in [0.5, 0.6) is 5.75 Å². The summed E-state index contributed by atoms with van der Waals surface area (Å²) in [6.07, 6.45) is -0.624. The standard InChI is InChI=1S/C21H19NO3S/c1-14-8-10-16(11-9-14)20(23)15(2)25-18-6-3-5-17(13-18)22-21(24)19-7-4-12-26-19/h3-13,15H,1-2H3,(H,22,24). The van der Waals surface area contributed by atoms with Crippen LogP contribution in [0.15, 0.2) is 66.0 Å². The van der Waals surface area contributed by atoms with Crippen LogP contribution in [0.4, 0.5) is 5.69 Å². The quantitative estimate of drug-likeness (QED) is 0.628. The number of anilines is 1. The fourth-order valence-corrected chi connectivity index (χ4v) is 3.08. The summed E-state index contributed by atoms with van der Waals surface area (Å²) in [4.78, 5) is 25.3. The van der Waals surface area contributed by atoms with Crippen LogP contribution >= 0.6 is 11.3 Å². The summed E-state index contributed by atoms with van der Waals surface area (Å²) < 4.78 is 5.78. The highest BCUT2D eigenvalue weighted by Gasteiger charge is 2.17. The van der Waals surface area contributed by atoms with Gasteiger partial charge in [-0.1, -0.05) is 42.0 Å². The summed E-state index contributed by atoms with van der Waals surface area (Å²) in [5.74, 6) is 0.279. The monoisotopic (exact) mass is 365 g/mol. The van der Waals surface area contributed by atoms with E-state index in [0.29, 0.717) is 21.9 Å². The highest BCUT2D eigenvalue weighted by molar-refractivity contribution is 7.12. The molecule has 2 aromatic carbocycles. The fourth-order valence-electron chi connectivity index (χ4n) is 2.46. The summed E-state index contributed by atoms with van der Waals surface area (Å²) in [6.45, 7) is 3.70. The zero-order valence-electron chi connectivity index (χ0n) is 14.6. The fraction of sp³-hybridized carbons (Fsp3) is 0.143. The maximum Gasteiger partial charge on any atom is 0.265 e. The lowest BCUT2D eigenvalue weighted by molar-refractivity contribution is 0.0818. The average Bonchev–Trinajstić information content (AvgIpc) is 3.17. The van der Waals surface area contributed by atoms with Gasteiger partial charge >= 0.3 is 0 Å². The Morgan fingerprint density at radius 3 is 2.50 bits per heavy atom. The van der Waals surface area contributed by atoms with E-state index in [1.54, 1.807) is 49.4 Å². The first-order chi connectivity index (χ1) is 12.5. The summed E-state index contributed by atoms with van der Waals surface area (Å²) in [5, 5.41) is 4.69. The van der Waals surface area contributed by atoms with Gasteiger partial charge in [-0.15, -0.1) is 11.3 Å². The zero-order chi connectivity index (χ0) is 18.5. The van der Waals surface area contributed by atoms with Crippen molar-refractivity contribution in [3.63, 3.8) is 0 Å². The number of amides is 1. The summed E-state index contributed by atoms with van der Waals surface area (Å²) in [6, 6.07) is 18.0. The summed E-state index contributed by atoms with van der Waals surface area (Å²) >= 11 is 1.38. The molecule has 0 aliphatic rings. The Morgan fingerprint density at radius 1 is 1.04 bits per heavy atom. The van der Waals surface area contributed by atoms with E-state index in [-0.39, 0.29) is 11.7 Å². The number of Topliss-reactive ketones (excluding diaryl/α,β-unsaturated/α-hetero) is 1. The second-order valence-corrected chi connectivity index (χ2v) is 6.90. The van der Waals surface area contributed by atoms with Crippen LogP contribution in [0.2, 0.25) is 0 Å². The molecule has 3 aromatic rings. The van der Waals surface area contributed by atoms with Crippen molar-refractivity contribution in [1.29, 1.82) is 0 Å². The molecule has 1 heterocycles. The molecule has 0 aliphatic heterocycles. The van der Waals surface area contributed by atoms with Gasteiger partial charge in [-0.3, -0.25) is 9.59 Å². The van der Waals surface area contributed by atoms with E-state index >= 15 is 0 Å². The van der Waals surface area contributed by atoms with E-state index in [9.17, 15) is 9.59 Å².